The van der Waals surface area contributed by atoms with Gasteiger partial charge in [-0.3, -0.25) is 10.4 Å². The Morgan fingerprint density at radius 2 is 1.74 bits per heavy atom. The zero-order valence-electron chi connectivity index (χ0n) is 16.5. The molecule has 31 heavy (non-hydrogen) atoms. The van der Waals surface area contributed by atoms with Crippen LogP contribution in [0, 0.1) is 0 Å². The van der Waals surface area contributed by atoms with Gasteiger partial charge in [0.1, 0.15) is 11.9 Å². The molecule has 3 aromatic carbocycles. The standard InChI is InChI=1S/C24H19N5OS/c30-24(25-12-14-13-31-20-11-4-2-6-15(14)20)17-8-5-10-19-21(17)27-23(26-19)22-16-7-1-3-9-18(16)28-29-22/h1-11,13,24-25,30H,12H2,(H,26,27)(H,28,29). The Bertz CT molecular complexity index is 1530. The van der Waals surface area contributed by atoms with Crippen LogP contribution in [0.1, 0.15) is 17.4 Å². The molecule has 1 atom stereocenters. The first kappa shape index (κ1) is 18.3. The summed E-state index contributed by atoms with van der Waals surface area (Å²) in [5.74, 6) is 0.677. The van der Waals surface area contributed by atoms with Gasteiger partial charge < -0.3 is 10.1 Å². The average molecular weight is 426 g/mol. The predicted octanol–water partition coefficient (Wildman–Crippen LogP) is 5.10. The summed E-state index contributed by atoms with van der Waals surface area (Å²) in [5.41, 5.74) is 5.24. The van der Waals surface area contributed by atoms with Gasteiger partial charge in [-0.2, -0.15) is 5.10 Å². The summed E-state index contributed by atoms with van der Waals surface area (Å²) < 4.78 is 1.25. The van der Waals surface area contributed by atoms with Gasteiger partial charge in [-0.15, -0.1) is 11.3 Å². The maximum absolute atomic E-state index is 10.9. The molecule has 0 saturated carbocycles. The first-order valence-corrected chi connectivity index (χ1v) is 10.9. The maximum atomic E-state index is 10.9. The van der Waals surface area contributed by atoms with Crippen molar-refractivity contribution in [3.63, 3.8) is 0 Å². The van der Waals surface area contributed by atoms with Crippen molar-refractivity contribution in [2.24, 2.45) is 0 Å². The Balaban J connectivity index is 1.32. The minimum absolute atomic E-state index is 0.572. The highest BCUT2D eigenvalue weighted by Crippen LogP contribution is 2.29. The number of fused-ring (bicyclic) bond motifs is 3. The van der Waals surface area contributed by atoms with E-state index in [4.69, 9.17) is 4.98 Å². The Morgan fingerprint density at radius 1 is 0.935 bits per heavy atom. The number of aliphatic hydroxyl groups excluding tert-OH is 1. The molecule has 0 fully saturated rings. The molecule has 0 saturated heterocycles. The van der Waals surface area contributed by atoms with Crippen molar-refractivity contribution in [1.29, 1.82) is 0 Å². The van der Waals surface area contributed by atoms with Crippen LogP contribution in [0.15, 0.2) is 72.1 Å². The molecule has 7 heteroatoms. The zero-order valence-corrected chi connectivity index (χ0v) is 17.3. The summed E-state index contributed by atoms with van der Waals surface area (Å²) in [4.78, 5) is 8.13. The molecule has 4 N–H and O–H groups in total. The van der Waals surface area contributed by atoms with Gasteiger partial charge in [-0.1, -0.05) is 48.5 Å². The molecule has 6 rings (SSSR count). The number of benzene rings is 3. The Morgan fingerprint density at radius 3 is 2.68 bits per heavy atom. The molecule has 6 aromatic rings. The van der Waals surface area contributed by atoms with Crippen LogP contribution >= 0.6 is 11.3 Å². The average Bonchev–Trinajstić information content (AvgIpc) is 3.53. The number of hydrogen-bond acceptors (Lipinski definition) is 5. The van der Waals surface area contributed by atoms with Gasteiger partial charge in [0, 0.05) is 22.2 Å². The second-order valence-corrected chi connectivity index (χ2v) is 8.40. The third-order valence-corrected chi connectivity index (χ3v) is 6.59. The molecule has 6 nitrogen and oxygen atoms in total. The minimum atomic E-state index is -0.838. The van der Waals surface area contributed by atoms with E-state index in [2.05, 4.69) is 38.0 Å². The largest absolute Gasteiger partial charge is 0.374 e. The van der Waals surface area contributed by atoms with Crippen LogP contribution < -0.4 is 5.32 Å². The fourth-order valence-electron chi connectivity index (χ4n) is 4.02. The summed E-state index contributed by atoms with van der Waals surface area (Å²) in [6, 6.07) is 22.1. The second-order valence-electron chi connectivity index (χ2n) is 7.49. The lowest BCUT2D eigenvalue weighted by Gasteiger charge is -2.13. The van der Waals surface area contributed by atoms with Gasteiger partial charge in [-0.25, -0.2) is 4.98 Å². The van der Waals surface area contributed by atoms with E-state index in [1.165, 1.54) is 15.6 Å². The first-order valence-electron chi connectivity index (χ1n) is 10.1. The Labute approximate surface area is 181 Å². The lowest BCUT2D eigenvalue weighted by Crippen LogP contribution is -2.20. The second kappa shape index (κ2) is 7.31. The van der Waals surface area contributed by atoms with Crippen molar-refractivity contribution in [3.8, 4) is 11.5 Å². The van der Waals surface area contributed by atoms with E-state index in [0.29, 0.717) is 12.4 Å². The number of aromatic nitrogens is 4. The van der Waals surface area contributed by atoms with E-state index in [1.54, 1.807) is 11.3 Å². The van der Waals surface area contributed by atoms with Crippen LogP contribution in [0.25, 0.3) is 43.5 Å². The summed E-state index contributed by atoms with van der Waals surface area (Å²) >= 11 is 1.72. The summed E-state index contributed by atoms with van der Waals surface area (Å²) in [6.45, 7) is 0.572. The van der Waals surface area contributed by atoms with Gasteiger partial charge in [0.25, 0.3) is 0 Å². The van der Waals surface area contributed by atoms with Crippen molar-refractivity contribution in [3.05, 3.63) is 83.2 Å². The van der Waals surface area contributed by atoms with E-state index >= 15 is 0 Å². The number of hydrogen-bond donors (Lipinski definition) is 4. The molecular formula is C24H19N5OS. The molecule has 0 spiro atoms. The predicted molar refractivity (Wildman–Crippen MR) is 125 cm³/mol. The molecule has 3 aromatic heterocycles. The third kappa shape index (κ3) is 3.11. The number of imidazole rings is 1. The number of para-hydroxylation sites is 2. The molecule has 0 aliphatic rings. The molecule has 0 radical (unpaired) electrons. The highest BCUT2D eigenvalue weighted by atomic mass is 32.1. The molecule has 0 aliphatic carbocycles. The van der Waals surface area contributed by atoms with Crippen LogP contribution in [-0.2, 0) is 6.54 Å². The highest BCUT2D eigenvalue weighted by molar-refractivity contribution is 7.17. The number of nitrogens with zero attached hydrogens (tertiary/aromatic N) is 2. The van der Waals surface area contributed by atoms with Crippen LogP contribution in [0.2, 0.25) is 0 Å². The van der Waals surface area contributed by atoms with Crippen LogP contribution in [0.4, 0.5) is 0 Å². The molecular weight excluding hydrogens is 406 g/mol. The number of aliphatic hydroxyl groups is 1. The van der Waals surface area contributed by atoms with Crippen LogP contribution in [0.5, 0.6) is 0 Å². The van der Waals surface area contributed by atoms with E-state index < -0.39 is 6.23 Å². The molecule has 152 valence electrons. The number of nitrogens with one attached hydrogen (secondary N) is 3. The monoisotopic (exact) mass is 425 g/mol. The van der Waals surface area contributed by atoms with E-state index in [0.717, 1.165) is 33.2 Å². The summed E-state index contributed by atoms with van der Waals surface area (Å²) in [6.07, 6.45) is -0.838. The molecule has 0 amide bonds. The smallest absolute Gasteiger partial charge is 0.159 e. The number of aromatic amines is 2. The lowest BCUT2D eigenvalue weighted by molar-refractivity contribution is 0.138. The van der Waals surface area contributed by atoms with Gasteiger partial charge in [0.15, 0.2) is 5.82 Å². The fourth-order valence-corrected chi connectivity index (χ4v) is 4.98. The van der Waals surface area contributed by atoms with Gasteiger partial charge in [0.2, 0.25) is 0 Å². The minimum Gasteiger partial charge on any atom is -0.374 e. The normalized spacial score (nSPS) is 12.8. The first-order chi connectivity index (χ1) is 15.3. The van der Waals surface area contributed by atoms with Crippen molar-refractivity contribution >= 4 is 43.4 Å². The van der Waals surface area contributed by atoms with Gasteiger partial charge in [0.05, 0.1) is 16.6 Å². The molecule has 1 unspecified atom stereocenters. The fraction of sp³-hybridized carbons (Fsp3) is 0.0833. The van der Waals surface area contributed by atoms with Crippen LogP contribution in [0.3, 0.4) is 0 Å². The lowest BCUT2D eigenvalue weighted by atomic mass is 10.1. The summed E-state index contributed by atoms with van der Waals surface area (Å²) in [5, 5.41) is 26.0. The third-order valence-electron chi connectivity index (χ3n) is 5.58. The topological polar surface area (TPSA) is 89.6 Å². The Kier molecular flexibility index (Phi) is 4.31. The molecule has 0 aliphatic heterocycles. The maximum Gasteiger partial charge on any atom is 0.159 e. The quantitative estimate of drug-likeness (QED) is 0.289. The number of thiophene rings is 1. The van der Waals surface area contributed by atoms with E-state index in [9.17, 15) is 5.11 Å². The molecule has 0 bridgehead atoms. The number of H-pyrrole nitrogens is 2. The van der Waals surface area contributed by atoms with E-state index in [-0.39, 0.29) is 0 Å². The van der Waals surface area contributed by atoms with Crippen molar-refractivity contribution in [2.75, 3.05) is 0 Å². The van der Waals surface area contributed by atoms with Crippen molar-refractivity contribution in [2.45, 2.75) is 12.8 Å². The SMILES string of the molecule is OC(NCc1csc2ccccc12)c1cccc2[nH]c(-c3n[nH]c4ccccc34)nc12. The van der Waals surface area contributed by atoms with E-state index in [1.807, 2.05) is 54.6 Å². The van der Waals surface area contributed by atoms with Gasteiger partial charge >= 0.3 is 0 Å². The van der Waals surface area contributed by atoms with Crippen LogP contribution in [-0.4, -0.2) is 25.3 Å². The Hall–Kier alpha value is -3.52. The molecule has 3 heterocycles. The van der Waals surface area contributed by atoms with Crippen molar-refractivity contribution < 1.29 is 5.11 Å². The zero-order chi connectivity index (χ0) is 20.8. The number of rotatable bonds is 5. The van der Waals surface area contributed by atoms with Crippen molar-refractivity contribution in [1.82, 2.24) is 25.5 Å². The highest BCUT2D eigenvalue weighted by Gasteiger charge is 2.17. The van der Waals surface area contributed by atoms with Gasteiger partial charge in [-0.05, 0) is 34.5 Å². The summed E-state index contributed by atoms with van der Waals surface area (Å²) in [7, 11) is 0.